The molecule has 0 bridgehead atoms. The van der Waals surface area contributed by atoms with Crippen LogP contribution in [0.3, 0.4) is 0 Å². The highest BCUT2D eigenvalue weighted by Gasteiger charge is 2.33. The molecule has 0 aliphatic heterocycles. The fourth-order valence-corrected chi connectivity index (χ4v) is 2.68. The van der Waals surface area contributed by atoms with Crippen molar-refractivity contribution < 1.29 is 15.0 Å². The second-order valence-corrected chi connectivity index (χ2v) is 5.88. The summed E-state index contributed by atoms with van der Waals surface area (Å²) < 4.78 is 1.58. The lowest BCUT2D eigenvalue weighted by Gasteiger charge is -2.22. The highest BCUT2D eigenvalue weighted by atomic mass is 16.4. The molecule has 2 rings (SSSR count). The monoisotopic (exact) mass is 267 g/mol. The second-order valence-electron chi connectivity index (χ2n) is 5.88. The maximum Gasteiger partial charge on any atom is 0.358 e. The number of rotatable bonds is 5. The number of carboxylic acids is 1. The standard InChI is InChI=1S/C13H21N3O3/c1-9(2)7-10-11(12(17)18)14-15-16(10)8-13(19)5-3-4-6-13/h9,19H,3-8H2,1-2H3,(H,17,18). The van der Waals surface area contributed by atoms with Gasteiger partial charge >= 0.3 is 5.97 Å². The molecule has 0 saturated heterocycles. The average molecular weight is 267 g/mol. The Labute approximate surface area is 112 Å². The first kappa shape index (κ1) is 14.0. The van der Waals surface area contributed by atoms with E-state index in [9.17, 15) is 9.90 Å². The minimum atomic E-state index is -1.06. The number of carboxylic acid groups (broad SMARTS) is 1. The van der Waals surface area contributed by atoms with Crippen molar-refractivity contribution in [2.45, 2.75) is 58.1 Å². The Morgan fingerprint density at radius 2 is 2.05 bits per heavy atom. The van der Waals surface area contributed by atoms with Crippen LogP contribution in [0.5, 0.6) is 0 Å². The van der Waals surface area contributed by atoms with Crippen LogP contribution < -0.4 is 0 Å². The van der Waals surface area contributed by atoms with Crippen LogP contribution in [0.1, 0.15) is 55.7 Å². The van der Waals surface area contributed by atoms with Gasteiger partial charge in [0.15, 0.2) is 5.69 Å². The van der Waals surface area contributed by atoms with E-state index in [0.717, 1.165) is 25.7 Å². The zero-order chi connectivity index (χ0) is 14.0. The van der Waals surface area contributed by atoms with E-state index in [1.54, 1.807) is 4.68 Å². The number of nitrogens with zero attached hydrogens (tertiary/aromatic N) is 3. The lowest BCUT2D eigenvalue weighted by atomic mass is 10.0. The van der Waals surface area contributed by atoms with E-state index in [1.807, 2.05) is 13.8 Å². The Balaban J connectivity index is 2.26. The van der Waals surface area contributed by atoms with Crippen LogP contribution in [0.4, 0.5) is 0 Å². The lowest BCUT2D eigenvalue weighted by molar-refractivity contribution is 0.0250. The van der Waals surface area contributed by atoms with Crippen LogP contribution in [0, 0.1) is 5.92 Å². The molecule has 2 N–H and O–H groups in total. The molecule has 1 aromatic heterocycles. The van der Waals surface area contributed by atoms with Crippen molar-refractivity contribution in [3.63, 3.8) is 0 Å². The van der Waals surface area contributed by atoms with E-state index in [1.165, 1.54) is 0 Å². The average Bonchev–Trinajstić information content (AvgIpc) is 2.87. The van der Waals surface area contributed by atoms with E-state index in [0.29, 0.717) is 24.6 Å². The molecule has 1 fully saturated rings. The third kappa shape index (κ3) is 3.12. The molecule has 6 heteroatoms. The molecule has 1 aliphatic rings. The molecule has 1 heterocycles. The molecule has 19 heavy (non-hydrogen) atoms. The van der Waals surface area contributed by atoms with Gasteiger partial charge in [-0.2, -0.15) is 0 Å². The van der Waals surface area contributed by atoms with Crippen LogP contribution in [0.2, 0.25) is 0 Å². The van der Waals surface area contributed by atoms with Gasteiger partial charge in [-0.15, -0.1) is 5.10 Å². The van der Waals surface area contributed by atoms with Crippen molar-refractivity contribution in [1.82, 2.24) is 15.0 Å². The van der Waals surface area contributed by atoms with Gasteiger partial charge in [0, 0.05) is 0 Å². The Hall–Kier alpha value is -1.43. The highest BCUT2D eigenvalue weighted by Crippen LogP contribution is 2.31. The molecular weight excluding hydrogens is 246 g/mol. The summed E-state index contributed by atoms with van der Waals surface area (Å²) in [5.41, 5.74) is -0.131. The number of hydrogen-bond acceptors (Lipinski definition) is 4. The summed E-state index contributed by atoms with van der Waals surface area (Å²) >= 11 is 0. The molecule has 106 valence electrons. The topological polar surface area (TPSA) is 88.2 Å². The Kier molecular flexibility index (Phi) is 3.89. The highest BCUT2D eigenvalue weighted by molar-refractivity contribution is 5.86. The van der Waals surface area contributed by atoms with Gasteiger partial charge in [-0.1, -0.05) is 31.9 Å². The summed E-state index contributed by atoms with van der Waals surface area (Å²) in [7, 11) is 0. The van der Waals surface area contributed by atoms with Crippen LogP contribution in [-0.2, 0) is 13.0 Å². The number of aliphatic hydroxyl groups is 1. The van der Waals surface area contributed by atoms with E-state index < -0.39 is 11.6 Å². The zero-order valence-corrected chi connectivity index (χ0v) is 11.5. The smallest absolute Gasteiger partial charge is 0.358 e. The number of carbonyl (C=O) groups is 1. The van der Waals surface area contributed by atoms with Crippen molar-refractivity contribution >= 4 is 5.97 Å². The van der Waals surface area contributed by atoms with Gasteiger partial charge in [0.2, 0.25) is 0 Å². The van der Waals surface area contributed by atoms with Gasteiger partial charge in [-0.05, 0) is 25.2 Å². The molecule has 0 amide bonds. The zero-order valence-electron chi connectivity index (χ0n) is 11.5. The molecular formula is C13H21N3O3. The minimum absolute atomic E-state index is 0.00953. The maximum absolute atomic E-state index is 11.2. The Bertz CT molecular complexity index is 462. The van der Waals surface area contributed by atoms with Gasteiger partial charge in [0.05, 0.1) is 17.8 Å². The van der Waals surface area contributed by atoms with E-state index in [-0.39, 0.29) is 5.69 Å². The summed E-state index contributed by atoms with van der Waals surface area (Å²) in [5.74, 6) is -0.742. The van der Waals surface area contributed by atoms with Gasteiger partial charge in [0.25, 0.3) is 0 Å². The molecule has 1 aromatic rings. The van der Waals surface area contributed by atoms with Crippen LogP contribution >= 0.6 is 0 Å². The first-order valence-corrected chi connectivity index (χ1v) is 6.79. The Morgan fingerprint density at radius 3 is 2.58 bits per heavy atom. The fourth-order valence-electron chi connectivity index (χ4n) is 2.68. The molecule has 1 saturated carbocycles. The molecule has 0 radical (unpaired) electrons. The number of aromatic carboxylic acids is 1. The van der Waals surface area contributed by atoms with Gasteiger partial charge in [-0.3, -0.25) is 0 Å². The SMILES string of the molecule is CC(C)Cc1c(C(=O)O)nnn1CC1(O)CCCC1. The van der Waals surface area contributed by atoms with Crippen molar-refractivity contribution in [3.8, 4) is 0 Å². The summed E-state index contributed by atoms with van der Waals surface area (Å²) in [6.45, 7) is 4.38. The minimum Gasteiger partial charge on any atom is -0.476 e. The summed E-state index contributed by atoms with van der Waals surface area (Å²) in [4.78, 5) is 11.2. The van der Waals surface area contributed by atoms with E-state index >= 15 is 0 Å². The molecule has 1 aliphatic carbocycles. The first-order valence-electron chi connectivity index (χ1n) is 6.79. The molecule has 0 unspecified atom stereocenters. The molecule has 0 aromatic carbocycles. The third-order valence-corrected chi connectivity index (χ3v) is 3.62. The first-order chi connectivity index (χ1) is 8.91. The largest absolute Gasteiger partial charge is 0.476 e. The normalized spacial score (nSPS) is 18.1. The molecule has 0 spiro atoms. The van der Waals surface area contributed by atoms with Crippen molar-refractivity contribution in [3.05, 3.63) is 11.4 Å². The number of hydrogen-bond donors (Lipinski definition) is 2. The number of aromatic nitrogens is 3. The third-order valence-electron chi connectivity index (χ3n) is 3.62. The van der Waals surface area contributed by atoms with Crippen LogP contribution in [0.15, 0.2) is 0 Å². The summed E-state index contributed by atoms with van der Waals surface area (Å²) in [6, 6.07) is 0. The van der Waals surface area contributed by atoms with E-state index in [4.69, 9.17) is 5.11 Å². The lowest BCUT2D eigenvalue weighted by Crippen LogP contribution is -2.32. The van der Waals surface area contributed by atoms with E-state index in [2.05, 4.69) is 10.3 Å². The fraction of sp³-hybridized carbons (Fsp3) is 0.769. The van der Waals surface area contributed by atoms with Crippen LogP contribution in [0.25, 0.3) is 0 Å². The Morgan fingerprint density at radius 1 is 1.42 bits per heavy atom. The summed E-state index contributed by atoms with van der Waals surface area (Å²) in [5, 5.41) is 27.2. The summed E-state index contributed by atoms with van der Waals surface area (Å²) in [6.07, 6.45) is 4.12. The quantitative estimate of drug-likeness (QED) is 0.843. The van der Waals surface area contributed by atoms with Crippen molar-refractivity contribution in [2.75, 3.05) is 0 Å². The molecule has 6 nitrogen and oxygen atoms in total. The van der Waals surface area contributed by atoms with Gasteiger partial charge in [-0.25, -0.2) is 9.48 Å². The van der Waals surface area contributed by atoms with Gasteiger partial charge in [0.1, 0.15) is 0 Å². The second kappa shape index (κ2) is 5.28. The molecule has 0 atom stereocenters. The maximum atomic E-state index is 11.2. The van der Waals surface area contributed by atoms with Crippen molar-refractivity contribution in [2.24, 2.45) is 5.92 Å². The van der Waals surface area contributed by atoms with Gasteiger partial charge < -0.3 is 10.2 Å². The van der Waals surface area contributed by atoms with Crippen LogP contribution in [-0.4, -0.2) is 36.8 Å². The predicted octanol–water partition coefficient (Wildman–Crippen LogP) is 1.48. The predicted molar refractivity (Wildman–Crippen MR) is 68.9 cm³/mol. The van der Waals surface area contributed by atoms with Crippen molar-refractivity contribution in [1.29, 1.82) is 0 Å².